The summed E-state index contributed by atoms with van der Waals surface area (Å²) < 4.78 is 27.1. The number of ether oxygens (including phenoxy) is 1. The van der Waals surface area contributed by atoms with Crippen molar-refractivity contribution in [3.8, 4) is 0 Å². The fourth-order valence-corrected chi connectivity index (χ4v) is 4.02. The molecular weight excluding hydrogens is 298 g/mol. The van der Waals surface area contributed by atoms with E-state index in [2.05, 4.69) is 5.32 Å². The quantitative estimate of drug-likeness (QED) is 0.458. The molecule has 0 aliphatic rings. The van der Waals surface area contributed by atoms with Crippen molar-refractivity contribution in [2.45, 2.75) is 39.2 Å². The van der Waals surface area contributed by atoms with Gasteiger partial charge in [0.1, 0.15) is 15.4 Å². The number of carbonyl (C=O) groups excluding carboxylic acids is 1. The molecule has 0 saturated heterocycles. The Hall–Kier alpha value is -0.270. The summed E-state index contributed by atoms with van der Waals surface area (Å²) in [4.78, 5) is 11.9. The number of likely N-dealkylation sites (N-methyl/N-ethyl adjacent to an activating group) is 1. The summed E-state index contributed by atoms with van der Waals surface area (Å²) in [5.41, 5.74) is -0.651. The molecule has 0 aromatic rings. The lowest BCUT2D eigenvalue weighted by molar-refractivity contribution is -0.150. The first-order valence-corrected chi connectivity index (χ1v) is 10.1. The van der Waals surface area contributed by atoms with Gasteiger partial charge in [-0.1, -0.05) is 6.92 Å². The number of sulfone groups is 1. The number of esters is 1. The van der Waals surface area contributed by atoms with Crippen LogP contribution in [0.15, 0.2) is 0 Å². The second-order valence-electron chi connectivity index (χ2n) is 4.93. The molecule has 0 aromatic heterocycles. The van der Waals surface area contributed by atoms with Crippen LogP contribution in [0, 0.1) is 0 Å². The van der Waals surface area contributed by atoms with Crippen LogP contribution in [0.5, 0.6) is 0 Å². The van der Waals surface area contributed by atoms with E-state index in [9.17, 15) is 13.2 Å². The minimum absolute atomic E-state index is 0.208. The molecule has 0 fully saturated rings. The van der Waals surface area contributed by atoms with Crippen LogP contribution in [-0.2, 0) is 19.4 Å². The first-order valence-electron chi connectivity index (χ1n) is 6.93. The maximum Gasteiger partial charge on any atom is 0.326 e. The molecule has 0 spiro atoms. The van der Waals surface area contributed by atoms with Gasteiger partial charge in [-0.3, -0.25) is 4.79 Å². The molecule has 0 saturated carbocycles. The molecule has 120 valence electrons. The molecular formula is C13H27NO4S2. The van der Waals surface area contributed by atoms with E-state index in [1.807, 2.05) is 13.8 Å². The SMILES string of the molecule is CCNC(C)(CCCSCCS(C)(=O)=O)C(=O)OCC. The summed E-state index contributed by atoms with van der Waals surface area (Å²) in [5, 5.41) is 3.18. The number of thioether (sulfide) groups is 1. The van der Waals surface area contributed by atoms with Crippen LogP contribution in [0.2, 0.25) is 0 Å². The Morgan fingerprint density at radius 1 is 1.30 bits per heavy atom. The van der Waals surface area contributed by atoms with E-state index in [1.165, 1.54) is 6.26 Å². The van der Waals surface area contributed by atoms with Crippen molar-refractivity contribution >= 4 is 27.6 Å². The Kier molecular flexibility index (Phi) is 9.50. The van der Waals surface area contributed by atoms with Crippen LogP contribution < -0.4 is 5.32 Å². The molecule has 1 atom stereocenters. The third-order valence-corrected chi connectivity index (χ3v) is 5.13. The van der Waals surface area contributed by atoms with E-state index in [1.54, 1.807) is 18.7 Å². The molecule has 0 aliphatic heterocycles. The second kappa shape index (κ2) is 9.63. The van der Waals surface area contributed by atoms with Gasteiger partial charge >= 0.3 is 5.97 Å². The topological polar surface area (TPSA) is 72.5 Å². The van der Waals surface area contributed by atoms with E-state index < -0.39 is 15.4 Å². The Labute approximate surface area is 127 Å². The van der Waals surface area contributed by atoms with Gasteiger partial charge in [0.25, 0.3) is 0 Å². The molecule has 0 aliphatic carbocycles. The van der Waals surface area contributed by atoms with Crippen LogP contribution in [0.3, 0.4) is 0 Å². The average Bonchev–Trinajstić information content (AvgIpc) is 2.33. The van der Waals surface area contributed by atoms with Gasteiger partial charge in [-0.15, -0.1) is 0 Å². The summed E-state index contributed by atoms with van der Waals surface area (Å²) in [6, 6.07) is 0. The largest absolute Gasteiger partial charge is 0.465 e. The number of rotatable bonds is 11. The van der Waals surface area contributed by atoms with Gasteiger partial charge < -0.3 is 10.1 Å². The van der Waals surface area contributed by atoms with Crippen molar-refractivity contribution in [1.29, 1.82) is 0 Å². The van der Waals surface area contributed by atoms with Crippen molar-refractivity contribution in [1.82, 2.24) is 5.32 Å². The minimum Gasteiger partial charge on any atom is -0.465 e. The van der Waals surface area contributed by atoms with E-state index in [0.717, 1.165) is 12.2 Å². The first-order chi connectivity index (χ1) is 9.25. The van der Waals surface area contributed by atoms with Crippen LogP contribution in [-0.4, -0.2) is 56.6 Å². The lowest BCUT2D eigenvalue weighted by Crippen LogP contribution is -2.50. The molecule has 0 rings (SSSR count). The summed E-state index contributed by atoms with van der Waals surface area (Å²) in [5.74, 6) is 1.44. The molecule has 5 nitrogen and oxygen atoms in total. The Morgan fingerprint density at radius 2 is 1.95 bits per heavy atom. The van der Waals surface area contributed by atoms with E-state index in [4.69, 9.17) is 4.74 Å². The van der Waals surface area contributed by atoms with E-state index in [0.29, 0.717) is 25.3 Å². The van der Waals surface area contributed by atoms with E-state index >= 15 is 0 Å². The second-order valence-corrected chi connectivity index (χ2v) is 8.41. The molecule has 0 aromatic carbocycles. The monoisotopic (exact) mass is 325 g/mol. The number of hydrogen-bond donors (Lipinski definition) is 1. The number of carbonyl (C=O) groups is 1. The zero-order valence-electron chi connectivity index (χ0n) is 12.9. The third-order valence-electron chi connectivity index (χ3n) is 2.86. The average molecular weight is 325 g/mol. The maximum absolute atomic E-state index is 11.9. The van der Waals surface area contributed by atoms with Gasteiger partial charge in [0, 0.05) is 12.0 Å². The highest BCUT2D eigenvalue weighted by Crippen LogP contribution is 2.17. The molecule has 7 heteroatoms. The molecule has 0 radical (unpaired) electrons. The van der Waals surface area contributed by atoms with Crippen molar-refractivity contribution in [3.63, 3.8) is 0 Å². The summed E-state index contributed by atoms with van der Waals surface area (Å²) in [7, 11) is -2.88. The summed E-state index contributed by atoms with van der Waals surface area (Å²) in [6.45, 7) is 6.69. The smallest absolute Gasteiger partial charge is 0.326 e. The third kappa shape index (κ3) is 8.81. The van der Waals surface area contributed by atoms with Crippen molar-refractivity contribution < 1.29 is 17.9 Å². The predicted octanol–water partition coefficient (Wildman–Crippen LogP) is 1.48. The van der Waals surface area contributed by atoms with Crippen LogP contribution in [0.1, 0.15) is 33.6 Å². The Balaban J connectivity index is 4.06. The van der Waals surface area contributed by atoms with Gasteiger partial charge in [0.05, 0.1) is 12.4 Å². The molecule has 1 unspecified atom stereocenters. The summed E-state index contributed by atoms with van der Waals surface area (Å²) in [6.07, 6.45) is 2.78. The normalized spacial score (nSPS) is 14.8. The lowest BCUT2D eigenvalue weighted by Gasteiger charge is -2.28. The van der Waals surface area contributed by atoms with Gasteiger partial charge in [0.2, 0.25) is 0 Å². The van der Waals surface area contributed by atoms with Crippen molar-refractivity contribution in [2.24, 2.45) is 0 Å². The van der Waals surface area contributed by atoms with Crippen LogP contribution in [0.25, 0.3) is 0 Å². The maximum atomic E-state index is 11.9. The minimum atomic E-state index is -2.88. The fraction of sp³-hybridized carbons (Fsp3) is 0.923. The number of nitrogens with one attached hydrogen (secondary N) is 1. The Bertz CT molecular complexity index is 384. The van der Waals surface area contributed by atoms with Gasteiger partial charge in [-0.05, 0) is 39.0 Å². The van der Waals surface area contributed by atoms with Crippen LogP contribution >= 0.6 is 11.8 Å². The Morgan fingerprint density at radius 3 is 2.45 bits per heavy atom. The first kappa shape index (κ1) is 19.7. The highest BCUT2D eigenvalue weighted by atomic mass is 32.2. The van der Waals surface area contributed by atoms with Gasteiger partial charge in [-0.25, -0.2) is 8.42 Å². The lowest BCUT2D eigenvalue weighted by atomic mass is 9.96. The van der Waals surface area contributed by atoms with Crippen LogP contribution in [0.4, 0.5) is 0 Å². The molecule has 0 amide bonds. The standard InChI is InChI=1S/C13H27NO4S2/c1-5-14-13(3,12(15)18-6-2)8-7-9-19-10-11-20(4,16)17/h14H,5-11H2,1-4H3. The number of hydrogen-bond acceptors (Lipinski definition) is 6. The zero-order chi connectivity index (χ0) is 15.6. The summed E-state index contributed by atoms with van der Waals surface area (Å²) >= 11 is 1.60. The molecule has 0 heterocycles. The van der Waals surface area contributed by atoms with Crippen molar-refractivity contribution in [3.05, 3.63) is 0 Å². The molecule has 20 heavy (non-hydrogen) atoms. The van der Waals surface area contributed by atoms with Crippen molar-refractivity contribution in [2.75, 3.05) is 36.7 Å². The van der Waals surface area contributed by atoms with E-state index in [-0.39, 0.29) is 11.7 Å². The fourth-order valence-electron chi connectivity index (χ4n) is 1.78. The zero-order valence-corrected chi connectivity index (χ0v) is 14.5. The highest BCUT2D eigenvalue weighted by molar-refractivity contribution is 8.00. The molecule has 0 bridgehead atoms. The highest BCUT2D eigenvalue weighted by Gasteiger charge is 2.32. The van der Waals surface area contributed by atoms with Gasteiger partial charge in [-0.2, -0.15) is 11.8 Å². The predicted molar refractivity (Wildman–Crippen MR) is 85.0 cm³/mol. The van der Waals surface area contributed by atoms with Gasteiger partial charge in [0.15, 0.2) is 0 Å². The molecule has 1 N–H and O–H groups in total.